The van der Waals surface area contributed by atoms with E-state index in [1.165, 1.54) is 0 Å². The Bertz CT molecular complexity index is 181. The van der Waals surface area contributed by atoms with Crippen LogP contribution in [0.15, 0.2) is 6.33 Å². The molecule has 62 valence electrons. The monoisotopic (exact) mass is 155 g/mol. The van der Waals surface area contributed by atoms with Crippen molar-refractivity contribution in [2.45, 2.75) is 26.4 Å². The minimum Gasteiger partial charge on any atom is -0.313 e. The maximum Gasteiger partial charge on any atom is 0.138 e. The van der Waals surface area contributed by atoms with Gasteiger partial charge in [-0.1, -0.05) is 13.8 Å². The average molecular weight is 155 g/mol. The third kappa shape index (κ3) is 3.08. The zero-order chi connectivity index (χ0) is 8.10. The fourth-order valence-corrected chi connectivity index (χ4v) is 0.751. The molecule has 0 aliphatic carbocycles. The summed E-state index contributed by atoms with van der Waals surface area (Å²) in [5.74, 6) is 0. The third-order valence-electron chi connectivity index (χ3n) is 1.28. The van der Waals surface area contributed by atoms with Crippen LogP contribution in [-0.2, 0) is 6.54 Å². The predicted octanol–water partition coefficient (Wildman–Crippen LogP) is -0.329. The largest absolute Gasteiger partial charge is 0.313 e. The first-order chi connectivity index (χ1) is 5.29. The Morgan fingerprint density at radius 2 is 2.36 bits per heavy atom. The molecule has 11 heavy (non-hydrogen) atoms. The van der Waals surface area contributed by atoms with Crippen molar-refractivity contribution in [2.24, 2.45) is 0 Å². The van der Waals surface area contributed by atoms with Crippen molar-refractivity contribution in [1.82, 2.24) is 25.5 Å². The van der Waals surface area contributed by atoms with Gasteiger partial charge in [0.25, 0.3) is 0 Å². The summed E-state index contributed by atoms with van der Waals surface area (Å²) in [5, 5.41) is 14.0. The Kier molecular flexibility index (Phi) is 2.97. The van der Waals surface area contributed by atoms with E-state index in [-0.39, 0.29) is 0 Å². The second-order valence-corrected chi connectivity index (χ2v) is 2.68. The van der Waals surface area contributed by atoms with E-state index in [2.05, 4.69) is 34.7 Å². The average Bonchev–Trinajstić information content (AvgIpc) is 2.39. The zero-order valence-corrected chi connectivity index (χ0v) is 6.86. The second-order valence-electron chi connectivity index (χ2n) is 2.68. The van der Waals surface area contributed by atoms with Gasteiger partial charge in [-0.2, -0.15) is 0 Å². The van der Waals surface area contributed by atoms with Crippen molar-refractivity contribution < 1.29 is 0 Å². The highest BCUT2D eigenvalue weighted by Gasteiger charge is 1.93. The van der Waals surface area contributed by atoms with Crippen LogP contribution in [0.2, 0.25) is 0 Å². The molecule has 0 amide bonds. The molecule has 0 fully saturated rings. The SMILES string of the molecule is CC(C)NCCn1cnnn1. The molecule has 0 aromatic carbocycles. The predicted molar refractivity (Wildman–Crippen MR) is 41.0 cm³/mol. The van der Waals surface area contributed by atoms with Crippen LogP contribution in [0.3, 0.4) is 0 Å². The maximum atomic E-state index is 3.73. The van der Waals surface area contributed by atoms with E-state index in [1.54, 1.807) is 11.0 Å². The normalized spacial score (nSPS) is 10.8. The van der Waals surface area contributed by atoms with Gasteiger partial charge in [0.15, 0.2) is 0 Å². The molecule has 1 aromatic heterocycles. The Morgan fingerprint density at radius 3 is 2.91 bits per heavy atom. The first-order valence-electron chi connectivity index (χ1n) is 3.73. The van der Waals surface area contributed by atoms with Crippen molar-refractivity contribution in [1.29, 1.82) is 0 Å². The Labute approximate surface area is 65.8 Å². The molecule has 1 rings (SSSR count). The first-order valence-corrected chi connectivity index (χ1v) is 3.73. The molecule has 0 unspecified atom stereocenters. The van der Waals surface area contributed by atoms with Gasteiger partial charge in [-0.3, -0.25) is 0 Å². The molecule has 1 aromatic rings. The minimum atomic E-state index is 0.520. The van der Waals surface area contributed by atoms with Gasteiger partial charge in [0.05, 0.1) is 6.54 Å². The summed E-state index contributed by atoms with van der Waals surface area (Å²) < 4.78 is 1.70. The third-order valence-corrected chi connectivity index (χ3v) is 1.28. The molecule has 0 radical (unpaired) electrons. The molecule has 0 aliphatic heterocycles. The molecule has 0 aliphatic rings. The molecule has 0 spiro atoms. The van der Waals surface area contributed by atoms with E-state index >= 15 is 0 Å². The van der Waals surface area contributed by atoms with Gasteiger partial charge in [0.2, 0.25) is 0 Å². The van der Waals surface area contributed by atoms with Crippen LogP contribution in [0.5, 0.6) is 0 Å². The van der Waals surface area contributed by atoms with Gasteiger partial charge >= 0.3 is 0 Å². The topological polar surface area (TPSA) is 55.6 Å². The molecule has 1 N–H and O–H groups in total. The lowest BCUT2D eigenvalue weighted by atomic mass is 10.4. The number of aromatic nitrogens is 4. The fraction of sp³-hybridized carbons (Fsp3) is 0.833. The highest BCUT2D eigenvalue weighted by molar-refractivity contribution is 4.53. The number of nitrogens with one attached hydrogen (secondary N) is 1. The minimum absolute atomic E-state index is 0.520. The van der Waals surface area contributed by atoms with E-state index in [9.17, 15) is 0 Å². The van der Waals surface area contributed by atoms with E-state index in [0.29, 0.717) is 6.04 Å². The highest BCUT2D eigenvalue weighted by atomic mass is 15.5. The van der Waals surface area contributed by atoms with Crippen molar-refractivity contribution in [3.05, 3.63) is 6.33 Å². The number of nitrogens with zero attached hydrogens (tertiary/aromatic N) is 4. The van der Waals surface area contributed by atoms with Gasteiger partial charge in [0, 0.05) is 12.6 Å². The van der Waals surface area contributed by atoms with E-state index in [1.807, 2.05) is 0 Å². The number of tetrazole rings is 1. The molecule has 0 saturated heterocycles. The molecule has 0 atom stereocenters. The molecular weight excluding hydrogens is 142 g/mol. The van der Waals surface area contributed by atoms with Crippen LogP contribution in [0.25, 0.3) is 0 Å². The summed E-state index contributed by atoms with van der Waals surface area (Å²) >= 11 is 0. The van der Waals surface area contributed by atoms with Crippen LogP contribution in [0, 0.1) is 0 Å². The lowest BCUT2D eigenvalue weighted by molar-refractivity contribution is 0.506. The standard InChI is InChI=1S/C6H13N5/c1-6(2)7-3-4-11-5-8-9-10-11/h5-7H,3-4H2,1-2H3. The van der Waals surface area contributed by atoms with Crippen LogP contribution in [0.1, 0.15) is 13.8 Å². The maximum absolute atomic E-state index is 3.73. The van der Waals surface area contributed by atoms with Crippen LogP contribution in [-0.4, -0.2) is 32.8 Å². The highest BCUT2D eigenvalue weighted by Crippen LogP contribution is 1.78. The lowest BCUT2D eigenvalue weighted by Crippen LogP contribution is -2.26. The van der Waals surface area contributed by atoms with Crippen LogP contribution < -0.4 is 5.32 Å². The number of hydrogen-bond donors (Lipinski definition) is 1. The smallest absolute Gasteiger partial charge is 0.138 e. The summed E-state index contributed by atoms with van der Waals surface area (Å²) in [4.78, 5) is 0. The number of rotatable bonds is 4. The van der Waals surface area contributed by atoms with Gasteiger partial charge in [-0.15, -0.1) is 5.10 Å². The van der Waals surface area contributed by atoms with Crippen molar-refractivity contribution in [2.75, 3.05) is 6.54 Å². The van der Waals surface area contributed by atoms with E-state index in [4.69, 9.17) is 0 Å². The molecule has 5 nitrogen and oxygen atoms in total. The van der Waals surface area contributed by atoms with Gasteiger partial charge in [0.1, 0.15) is 6.33 Å². The first kappa shape index (κ1) is 8.13. The summed E-state index contributed by atoms with van der Waals surface area (Å²) in [6.07, 6.45) is 1.61. The lowest BCUT2D eigenvalue weighted by Gasteiger charge is -2.06. The Morgan fingerprint density at radius 1 is 1.55 bits per heavy atom. The fourth-order valence-electron chi connectivity index (χ4n) is 0.751. The van der Waals surface area contributed by atoms with Crippen LogP contribution >= 0.6 is 0 Å². The number of hydrogen-bond acceptors (Lipinski definition) is 4. The summed E-state index contributed by atoms with van der Waals surface area (Å²) in [5.41, 5.74) is 0. The van der Waals surface area contributed by atoms with Crippen LogP contribution in [0.4, 0.5) is 0 Å². The zero-order valence-electron chi connectivity index (χ0n) is 6.86. The van der Waals surface area contributed by atoms with Gasteiger partial charge in [-0.25, -0.2) is 4.68 Å². The second kappa shape index (κ2) is 4.02. The van der Waals surface area contributed by atoms with Crippen molar-refractivity contribution >= 4 is 0 Å². The Balaban J connectivity index is 2.14. The molecular formula is C6H13N5. The summed E-state index contributed by atoms with van der Waals surface area (Å²) in [6, 6.07) is 0.520. The molecule has 1 heterocycles. The molecule has 5 heteroatoms. The summed E-state index contributed by atoms with van der Waals surface area (Å²) in [7, 11) is 0. The summed E-state index contributed by atoms with van der Waals surface area (Å²) in [6.45, 7) is 5.95. The van der Waals surface area contributed by atoms with Gasteiger partial charge < -0.3 is 5.32 Å². The molecule has 0 saturated carbocycles. The van der Waals surface area contributed by atoms with Crippen molar-refractivity contribution in [3.63, 3.8) is 0 Å². The van der Waals surface area contributed by atoms with E-state index < -0.39 is 0 Å². The van der Waals surface area contributed by atoms with Crippen molar-refractivity contribution in [3.8, 4) is 0 Å². The Hall–Kier alpha value is -0.970. The van der Waals surface area contributed by atoms with E-state index in [0.717, 1.165) is 13.1 Å². The van der Waals surface area contributed by atoms with Gasteiger partial charge in [-0.05, 0) is 10.4 Å². The molecule has 0 bridgehead atoms. The quantitative estimate of drug-likeness (QED) is 0.647.